The first kappa shape index (κ1) is 13.2. The number of carboxylic acid groups (broad SMARTS) is 1. The maximum Gasteiger partial charge on any atom is 0.352 e. The number of nitrogens with zero attached hydrogens (tertiary/aromatic N) is 1. The number of nitrogens with one attached hydrogen (secondary N) is 1. The number of rotatable bonds is 7. The molecule has 6 heteroatoms. The number of hydrogen-bond donors (Lipinski definition) is 2. The minimum Gasteiger partial charge on any atom is -0.477 e. The van der Waals surface area contributed by atoms with Gasteiger partial charge < -0.3 is 19.7 Å². The Bertz CT molecular complexity index is 387. The summed E-state index contributed by atoms with van der Waals surface area (Å²) in [5, 5.41) is 11.5. The lowest BCUT2D eigenvalue weighted by Crippen LogP contribution is -2.29. The Morgan fingerprint density at radius 2 is 2.29 bits per heavy atom. The molecule has 0 spiro atoms. The van der Waals surface area contributed by atoms with Gasteiger partial charge in [0.15, 0.2) is 0 Å². The van der Waals surface area contributed by atoms with Crippen molar-refractivity contribution in [3.8, 4) is 0 Å². The summed E-state index contributed by atoms with van der Waals surface area (Å²) in [5.41, 5.74) is 0.108. The highest BCUT2D eigenvalue weighted by atomic mass is 16.5. The van der Waals surface area contributed by atoms with Crippen LogP contribution in [0.25, 0.3) is 0 Å². The Kier molecular flexibility index (Phi) is 5.22. The first-order valence-corrected chi connectivity index (χ1v) is 5.29. The number of aromatic nitrogens is 1. The first-order chi connectivity index (χ1) is 8.15. The van der Waals surface area contributed by atoms with Crippen LogP contribution >= 0.6 is 0 Å². The van der Waals surface area contributed by atoms with E-state index >= 15 is 0 Å². The summed E-state index contributed by atoms with van der Waals surface area (Å²) in [4.78, 5) is 22.3. The minimum absolute atomic E-state index is 0.0155. The van der Waals surface area contributed by atoms with Crippen LogP contribution in [0.3, 0.4) is 0 Å². The number of carbonyl (C=O) groups excluding carboxylic acids is 1. The van der Waals surface area contributed by atoms with Crippen molar-refractivity contribution >= 4 is 11.9 Å². The van der Waals surface area contributed by atoms with Gasteiger partial charge in [0, 0.05) is 26.5 Å². The summed E-state index contributed by atoms with van der Waals surface area (Å²) < 4.78 is 6.24. The number of methoxy groups -OCH3 is 1. The highest BCUT2D eigenvalue weighted by Crippen LogP contribution is 2.01. The topological polar surface area (TPSA) is 80.6 Å². The van der Waals surface area contributed by atoms with Crippen LogP contribution in [-0.4, -0.2) is 41.8 Å². The molecule has 0 aliphatic carbocycles. The van der Waals surface area contributed by atoms with Gasteiger partial charge >= 0.3 is 5.97 Å². The molecule has 0 fully saturated rings. The molecular weight excluding hydrogens is 224 g/mol. The van der Waals surface area contributed by atoms with Crippen LogP contribution < -0.4 is 5.32 Å². The monoisotopic (exact) mass is 240 g/mol. The maximum absolute atomic E-state index is 11.5. The van der Waals surface area contributed by atoms with E-state index in [-0.39, 0.29) is 18.1 Å². The average molecular weight is 240 g/mol. The van der Waals surface area contributed by atoms with Crippen LogP contribution in [0.5, 0.6) is 0 Å². The lowest BCUT2D eigenvalue weighted by Gasteiger charge is -2.07. The number of amides is 1. The van der Waals surface area contributed by atoms with Crippen molar-refractivity contribution in [2.24, 2.45) is 0 Å². The molecule has 2 N–H and O–H groups in total. The number of ether oxygens (including phenoxy) is 1. The predicted molar refractivity (Wildman–Crippen MR) is 60.9 cm³/mol. The van der Waals surface area contributed by atoms with Crippen molar-refractivity contribution in [2.75, 3.05) is 20.3 Å². The molecule has 0 bridgehead atoms. The molecule has 1 rings (SSSR count). The van der Waals surface area contributed by atoms with E-state index in [4.69, 9.17) is 9.84 Å². The first-order valence-electron chi connectivity index (χ1n) is 5.29. The number of aromatic carboxylic acids is 1. The minimum atomic E-state index is -1.04. The SMILES string of the molecule is COCCCNC(=O)Cn1cccc1C(=O)O. The lowest BCUT2D eigenvalue weighted by atomic mass is 10.4. The molecule has 0 atom stereocenters. The van der Waals surface area contributed by atoms with E-state index in [1.807, 2.05) is 0 Å². The van der Waals surface area contributed by atoms with Crippen molar-refractivity contribution in [1.29, 1.82) is 0 Å². The van der Waals surface area contributed by atoms with E-state index in [1.54, 1.807) is 19.4 Å². The summed E-state index contributed by atoms with van der Waals surface area (Å²) in [6.45, 7) is 1.13. The van der Waals surface area contributed by atoms with Crippen molar-refractivity contribution < 1.29 is 19.4 Å². The Morgan fingerprint density at radius 1 is 1.53 bits per heavy atom. The van der Waals surface area contributed by atoms with Crippen LogP contribution in [0.15, 0.2) is 18.3 Å². The fourth-order valence-corrected chi connectivity index (χ4v) is 1.40. The number of carbonyl (C=O) groups is 2. The van der Waals surface area contributed by atoms with Crippen LogP contribution in [0.2, 0.25) is 0 Å². The fraction of sp³-hybridized carbons (Fsp3) is 0.455. The second kappa shape index (κ2) is 6.70. The van der Waals surface area contributed by atoms with Gasteiger partial charge in [0.1, 0.15) is 12.2 Å². The third-order valence-corrected chi connectivity index (χ3v) is 2.21. The highest BCUT2D eigenvalue weighted by Gasteiger charge is 2.10. The maximum atomic E-state index is 11.5. The Balaban J connectivity index is 2.40. The standard InChI is InChI=1S/C11H16N2O4/c1-17-7-3-5-12-10(14)8-13-6-2-4-9(13)11(15)16/h2,4,6H,3,5,7-8H2,1H3,(H,12,14)(H,15,16). The van der Waals surface area contributed by atoms with Crippen LogP contribution in [0.4, 0.5) is 0 Å². The lowest BCUT2D eigenvalue weighted by molar-refractivity contribution is -0.121. The summed E-state index contributed by atoms with van der Waals surface area (Å²) in [6.07, 6.45) is 2.30. The molecule has 6 nitrogen and oxygen atoms in total. The zero-order chi connectivity index (χ0) is 12.7. The van der Waals surface area contributed by atoms with Gasteiger partial charge in [-0.05, 0) is 18.6 Å². The van der Waals surface area contributed by atoms with Crippen molar-refractivity contribution in [3.63, 3.8) is 0 Å². The number of hydrogen-bond acceptors (Lipinski definition) is 3. The molecule has 0 radical (unpaired) electrons. The van der Waals surface area contributed by atoms with E-state index in [2.05, 4.69) is 5.32 Å². The van der Waals surface area contributed by atoms with Gasteiger partial charge in [-0.2, -0.15) is 0 Å². The molecule has 0 aliphatic rings. The number of carboxylic acids is 1. The van der Waals surface area contributed by atoms with E-state index in [0.29, 0.717) is 13.2 Å². The molecule has 0 aliphatic heterocycles. The van der Waals surface area contributed by atoms with Gasteiger partial charge in [-0.1, -0.05) is 0 Å². The molecule has 17 heavy (non-hydrogen) atoms. The quantitative estimate of drug-likeness (QED) is 0.673. The summed E-state index contributed by atoms with van der Waals surface area (Å²) in [6, 6.07) is 3.06. The molecule has 94 valence electrons. The molecule has 0 unspecified atom stereocenters. The molecule has 1 heterocycles. The fourth-order valence-electron chi connectivity index (χ4n) is 1.40. The molecule has 0 aromatic carbocycles. The van der Waals surface area contributed by atoms with Crippen molar-refractivity contribution in [2.45, 2.75) is 13.0 Å². The zero-order valence-electron chi connectivity index (χ0n) is 9.68. The van der Waals surface area contributed by atoms with Crippen molar-refractivity contribution in [1.82, 2.24) is 9.88 Å². The summed E-state index contributed by atoms with van der Waals surface area (Å²) in [7, 11) is 1.60. The van der Waals surface area contributed by atoms with Gasteiger partial charge in [0.25, 0.3) is 0 Å². The largest absolute Gasteiger partial charge is 0.477 e. The third-order valence-electron chi connectivity index (χ3n) is 2.21. The highest BCUT2D eigenvalue weighted by molar-refractivity contribution is 5.86. The Hall–Kier alpha value is -1.82. The van der Waals surface area contributed by atoms with E-state index < -0.39 is 5.97 Å². The third kappa shape index (κ3) is 4.28. The Morgan fingerprint density at radius 3 is 2.94 bits per heavy atom. The predicted octanol–water partition coefficient (Wildman–Crippen LogP) is 0.339. The van der Waals surface area contributed by atoms with E-state index in [0.717, 1.165) is 6.42 Å². The van der Waals surface area contributed by atoms with Gasteiger partial charge in [0.05, 0.1) is 0 Å². The van der Waals surface area contributed by atoms with Gasteiger partial charge in [0.2, 0.25) is 5.91 Å². The van der Waals surface area contributed by atoms with Gasteiger partial charge in [-0.3, -0.25) is 4.79 Å². The summed E-state index contributed by atoms with van der Waals surface area (Å²) in [5.74, 6) is -1.25. The Labute approximate surface area is 99.2 Å². The second-order valence-electron chi connectivity index (χ2n) is 3.52. The molecule has 0 saturated carbocycles. The smallest absolute Gasteiger partial charge is 0.352 e. The molecule has 1 aromatic heterocycles. The normalized spacial score (nSPS) is 10.2. The van der Waals surface area contributed by atoms with E-state index in [1.165, 1.54) is 10.6 Å². The zero-order valence-corrected chi connectivity index (χ0v) is 9.68. The molecule has 0 saturated heterocycles. The van der Waals surface area contributed by atoms with Crippen LogP contribution in [-0.2, 0) is 16.1 Å². The molecule has 1 aromatic rings. The van der Waals surface area contributed by atoms with Crippen molar-refractivity contribution in [3.05, 3.63) is 24.0 Å². The molecule has 1 amide bonds. The second-order valence-corrected chi connectivity index (χ2v) is 3.52. The van der Waals surface area contributed by atoms with Gasteiger partial charge in [-0.25, -0.2) is 4.79 Å². The van der Waals surface area contributed by atoms with Crippen LogP contribution in [0, 0.1) is 0 Å². The van der Waals surface area contributed by atoms with Gasteiger partial charge in [-0.15, -0.1) is 0 Å². The average Bonchev–Trinajstić information content (AvgIpc) is 2.72. The van der Waals surface area contributed by atoms with E-state index in [9.17, 15) is 9.59 Å². The summed E-state index contributed by atoms with van der Waals surface area (Å²) >= 11 is 0. The molecular formula is C11H16N2O4. The van der Waals surface area contributed by atoms with Crippen LogP contribution in [0.1, 0.15) is 16.9 Å².